The maximum Gasteiger partial charge on any atom is 0.279 e. The number of hydrogen-bond acceptors (Lipinski definition) is 3. The van der Waals surface area contributed by atoms with Crippen LogP contribution in [0.4, 0.5) is 4.39 Å². The number of nitrogens with one attached hydrogen (secondary N) is 1. The van der Waals surface area contributed by atoms with Crippen molar-refractivity contribution in [2.75, 3.05) is 26.2 Å². The molecule has 0 unspecified atom stereocenters. The summed E-state index contributed by atoms with van der Waals surface area (Å²) >= 11 is 0. The minimum absolute atomic E-state index is 0.162. The molecule has 1 saturated heterocycles. The Hall–Kier alpha value is -1.18. The van der Waals surface area contributed by atoms with Crippen LogP contribution in [0.3, 0.4) is 0 Å². The van der Waals surface area contributed by atoms with Crippen LogP contribution >= 0.6 is 0 Å². The fourth-order valence-electron chi connectivity index (χ4n) is 2.27. The lowest BCUT2D eigenvalue weighted by Gasteiger charge is -2.20. The van der Waals surface area contributed by atoms with Crippen LogP contribution in [0, 0.1) is 5.82 Å². The second-order valence-corrected chi connectivity index (χ2v) is 6.77. The SMILES string of the molecule is O=S(=O)(NCCOc1cccc(F)c1)N1CCCCCC1. The topological polar surface area (TPSA) is 58.6 Å². The summed E-state index contributed by atoms with van der Waals surface area (Å²) in [7, 11) is -3.44. The fraction of sp³-hybridized carbons (Fsp3) is 0.571. The molecule has 0 aliphatic carbocycles. The van der Waals surface area contributed by atoms with Gasteiger partial charge in [0.25, 0.3) is 10.2 Å². The summed E-state index contributed by atoms with van der Waals surface area (Å²) in [6.07, 6.45) is 3.96. The van der Waals surface area contributed by atoms with Crippen LogP contribution in [-0.4, -0.2) is 39.0 Å². The number of halogens is 1. The third-order valence-electron chi connectivity index (χ3n) is 3.36. The molecular weight excluding hydrogens is 295 g/mol. The molecule has 1 N–H and O–H groups in total. The Balaban J connectivity index is 1.76. The molecule has 0 spiro atoms. The lowest BCUT2D eigenvalue weighted by Crippen LogP contribution is -2.42. The standard InChI is InChI=1S/C14H21FN2O3S/c15-13-6-5-7-14(12-13)20-11-8-16-21(18,19)17-9-3-1-2-4-10-17/h5-7,12,16H,1-4,8-11H2. The van der Waals surface area contributed by atoms with Gasteiger partial charge in [0.2, 0.25) is 0 Å². The van der Waals surface area contributed by atoms with E-state index in [2.05, 4.69) is 4.72 Å². The van der Waals surface area contributed by atoms with E-state index in [4.69, 9.17) is 4.74 Å². The van der Waals surface area contributed by atoms with Crippen LogP contribution in [0.5, 0.6) is 5.75 Å². The first-order valence-corrected chi connectivity index (χ1v) is 8.65. The molecule has 1 heterocycles. The Labute approximate surface area is 125 Å². The summed E-state index contributed by atoms with van der Waals surface area (Å²) in [5.74, 6) is 0.0154. The average molecular weight is 316 g/mol. The molecule has 1 aliphatic heterocycles. The first kappa shape index (κ1) is 16.2. The Morgan fingerprint density at radius 2 is 1.90 bits per heavy atom. The van der Waals surface area contributed by atoms with Gasteiger partial charge in [0.1, 0.15) is 18.2 Å². The number of nitrogens with zero attached hydrogens (tertiary/aromatic N) is 1. The molecule has 7 heteroatoms. The molecule has 5 nitrogen and oxygen atoms in total. The predicted molar refractivity (Wildman–Crippen MR) is 78.9 cm³/mol. The van der Waals surface area contributed by atoms with E-state index in [9.17, 15) is 12.8 Å². The maximum atomic E-state index is 12.9. The van der Waals surface area contributed by atoms with E-state index in [1.807, 2.05) is 0 Å². The molecule has 1 aliphatic rings. The van der Waals surface area contributed by atoms with Crippen LogP contribution < -0.4 is 9.46 Å². The molecule has 1 aromatic carbocycles. The van der Waals surface area contributed by atoms with Gasteiger partial charge in [-0.15, -0.1) is 0 Å². The van der Waals surface area contributed by atoms with Gasteiger partial charge < -0.3 is 4.74 Å². The number of ether oxygens (including phenoxy) is 1. The molecule has 0 amide bonds. The highest BCUT2D eigenvalue weighted by molar-refractivity contribution is 7.87. The second kappa shape index (κ2) is 7.72. The zero-order valence-corrected chi connectivity index (χ0v) is 12.7. The van der Waals surface area contributed by atoms with Gasteiger partial charge in [-0.1, -0.05) is 18.9 Å². The van der Waals surface area contributed by atoms with Crippen LogP contribution in [0.25, 0.3) is 0 Å². The van der Waals surface area contributed by atoms with Crippen LogP contribution in [0.15, 0.2) is 24.3 Å². The lowest BCUT2D eigenvalue weighted by molar-refractivity contribution is 0.318. The van der Waals surface area contributed by atoms with Gasteiger partial charge in [0.05, 0.1) is 0 Å². The second-order valence-electron chi connectivity index (χ2n) is 5.02. The van der Waals surface area contributed by atoms with Crippen molar-refractivity contribution in [3.63, 3.8) is 0 Å². The van der Waals surface area contributed by atoms with Gasteiger partial charge in [0.15, 0.2) is 0 Å². The normalized spacial score (nSPS) is 17.4. The van der Waals surface area contributed by atoms with Crippen molar-refractivity contribution in [1.82, 2.24) is 9.03 Å². The molecule has 2 rings (SSSR count). The largest absolute Gasteiger partial charge is 0.492 e. The molecule has 118 valence electrons. The van der Waals surface area contributed by atoms with Crippen LogP contribution in [0.1, 0.15) is 25.7 Å². The molecule has 1 fully saturated rings. The summed E-state index contributed by atoms with van der Waals surface area (Å²) in [4.78, 5) is 0. The summed E-state index contributed by atoms with van der Waals surface area (Å²) in [6.45, 7) is 1.46. The zero-order valence-electron chi connectivity index (χ0n) is 11.9. The van der Waals surface area contributed by atoms with E-state index < -0.39 is 10.2 Å². The van der Waals surface area contributed by atoms with Crippen molar-refractivity contribution in [3.05, 3.63) is 30.1 Å². The first-order chi connectivity index (χ1) is 10.1. The summed E-state index contributed by atoms with van der Waals surface area (Å²) in [5, 5.41) is 0. The minimum Gasteiger partial charge on any atom is -0.492 e. The molecule has 0 bridgehead atoms. The zero-order chi connectivity index (χ0) is 15.1. The smallest absolute Gasteiger partial charge is 0.279 e. The van der Waals surface area contributed by atoms with E-state index in [1.54, 1.807) is 12.1 Å². The number of benzene rings is 1. The third-order valence-corrected chi connectivity index (χ3v) is 4.97. The van der Waals surface area contributed by atoms with Crippen molar-refractivity contribution in [1.29, 1.82) is 0 Å². The minimum atomic E-state index is -3.44. The quantitative estimate of drug-likeness (QED) is 0.816. The van der Waals surface area contributed by atoms with E-state index in [0.717, 1.165) is 25.7 Å². The first-order valence-electron chi connectivity index (χ1n) is 7.21. The van der Waals surface area contributed by atoms with Crippen molar-refractivity contribution in [2.24, 2.45) is 0 Å². The van der Waals surface area contributed by atoms with Crippen molar-refractivity contribution in [2.45, 2.75) is 25.7 Å². The highest BCUT2D eigenvalue weighted by atomic mass is 32.2. The lowest BCUT2D eigenvalue weighted by atomic mass is 10.2. The monoisotopic (exact) mass is 316 g/mol. The van der Waals surface area contributed by atoms with Gasteiger partial charge in [0, 0.05) is 25.7 Å². The highest BCUT2D eigenvalue weighted by Crippen LogP contribution is 2.13. The van der Waals surface area contributed by atoms with Gasteiger partial charge in [-0.3, -0.25) is 0 Å². The molecular formula is C14H21FN2O3S. The Kier molecular flexibility index (Phi) is 5.96. The van der Waals surface area contributed by atoms with Crippen molar-refractivity contribution >= 4 is 10.2 Å². The summed E-state index contributed by atoms with van der Waals surface area (Å²) in [5.41, 5.74) is 0. The molecule has 1 aromatic rings. The average Bonchev–Trinajstić information content (AvgIpc) is 2.73. The van der Waals surface area contributed by atoms with Crippen LogP contribution in [-0.2, 0) is 10.2 Å². The predicted octanol–water partition coefficient (Wildman–Crippen LogP) is 1.91. The van der Waals surface area contributed by atoms with E-state index in [-0.39, 0.29) is 19.0 Å². The van der Waals surface area contributed by atoms with Crippen molar-refractivity contribution < 1.29 is 17.5 Å². The van der Waals surface area contributed by atoms with Crippen LogP contribution in [0.2, 0.25) is 0 Å². The van der Waals surface area contributed by atoms with Gasteiger partial charge in [-0.2, -0.15) is 17.4 Å². The van der Waals surface area contributed by atoms with E-state index >= 15 is 0 Å². The molecule has 0 radical (unpaired) electrons. The highest BCUT2D eigenvalue weighted by Gasteiger charge is 2.22. The van der Waals surface area contributed by atoms with Gasteiger partial charge in [-0.25, -0.2) is 4.39 Å². The number of rotatable bonds is 6. The maximum absolute atomic E-state index is 12.9. The van der Waals surface area contributed by atoms with Gasteiger partial charge >= 0.3 is 0 Å². The Morgan fingerprint density at radius 3 is 2.57 bits per heavy atom. The Bertz CT molecular complexity index is 543. The van der Waals surface area contributed by atoms with Gasteiger partial charge in [-0.05, 0) is 25.0 Å². The molecule has 21 heavy (non-hydrogen) atoms. The summed E-state index contributed by atoms with van der Waals surface area (Å²) < 4.78 is 46.5. The fourth-order valence-corrected chi connectivity index (χ4v) is 3.53. The van der Waals surface area contributed by atoms with Crippen molar-refractivity contribution in [3.8, 4) is 5.75 Å². The number of hydrogen-bond donors (Lipinski definition) is 1. The Morgan fingerprint density at radius 1 is 1.19 bits per heavy atom. The molecule has 0 aromatic heterocycles. The third kappa shape index (κ3) is 5.26. The van der Waals surface area contributed by atoms with E-state index in [1.165, 1.54) is 16.4 Å². The van der Waals surface area contributed by atoms with E-state index in [0.29, 0.717) is 18.8 Å². The summed E-state index contributed by atoms with van der Waals surface area (Å²) in [6, 6.07) is 5.77. The molecule has 0 atom stereocenters. The molecule has 0 saturated carbocycles.